The number of alkyl halides is 2. The first kappa shape index (κ1) is 33.1. The number of carbonyl (C=O) groups is 2. The van der Waals surface area contributed by atoms with Crippen molar-refractivity contribution in [3.63, 3.8) is 0 Å². The molecule has 3 fully saturated rings. The van der Waals surface area contributed by atoms with Crippen LogP contribution in [0.2, 0.25) is 0 Å². The molecule has 3 aromatic rings. The van der Waals surface area contributed by atoms with Crippen molar-refractivity contribution in [3.05, 3.63) is 36.0 Å². The van der Waals surface area contributed by atoms with Crippen LogP contribution in [0.15, 0.2) is 24.7 Å². The van der Waals surface area contributed by atoms with Gasteiger partial charge in [-0.2, -0.15) is 13.9 Å². The molecule has 2 N–H and O–H groups in total. The molecule has 0 aromatic carbocycles. The zero-order chi connectivity index (χ0) is 33.1. The van der Waals surface area contributed by atoms with Crippen molar-refractivity contribution in [2.45, 2.75) is 69.4 Å². The Kier molecular flexibility index (Phi) is 9.93. The molecule has 3 aliphatic rings. The third-order valence-electron chi connectivity index (χ3n) is 9.27. The highest BCUT2D eigenvalue weighted by atomic mass is 32.2. The summed E-state index contributed by atoms with van der Waals surface area (Å²) in [6, 6.07) is 2.03. The number of nitrogens with one attached hydrogen (secondary N) is 2. The highest BCUT2D eigenvalue weighted by Crippen LogP contribution is 2.33. The number of carbonyl (C=O) groups excluding carboxylic acids is 2. The van der Waals surface area contributed by atoms with Gasteiger partial charge in [0.1, 0.15) is 0 Å². The van der Waals surface area contributed by atoms with Crippen LogP contribution in [0.25, 0.3) is 10.9 Å². The van der Waals surface area contributed by atoms with Crippen LogP contribution in [0.5, 0.6) is 5.75 Å². The van der Waals surface area contributed by atoms with Gasteiger partial charge in [0, 0.05) is 55.8 Å². The quantitative estimate of drug-likeness (QED) is 0.287. The molecule has 1 unspecified atom stereocenters. The van der Waals surface area contributed by atoms with Gasteiger partial charge in [0.2, 0.25) is 27.8 Å². The molecule has 3 saturated heterocycles. The highest BCUT2D eigenvalue weighted by molar-refractivity contribution is 7.89. The van der Waals surface area contributed by atoms with Crippen molar-refractivity contribution in [3.8, 4) is 5.75 Å². The Hall–Kier alpha value is -3.83. The van der Waals surface area contributed by atoms with Crippen LogP contribution in [0, 0.1) is 0 Å². The van der Waals surface area contributed by atoms with Crippen LogP contribution in [0.1, 0.15) is 68.2 Å². The average Bonchev–Trinajstić information content (AvgIpc) is 3.37. The van der Waals surface area contributed by atoms with Crippen LogP contribution in [0.3, 0.4) is 0 Å². The predicted molar refractivity (Wildman–Crippen MR) is 167 cm³/mol. The van der Waals surface area contributed by atoms with Gasteiger partial charge in [-0.05, 0) is 64.2 Å². The van der Waals surface area contributed by atoms with Crippen molar-refractivity contribution < 1.29 is 31.5 Å². The van der Waals surface area contributed by atoms with E-state index in [9.17, 15) is 26.8 Å². The van der Waals surface area contributed by atoms with Gasteiger partial charge in [-0.15, -0.1) is 0 Å². The van der Waals surface area contributed by atoms with E-state index in [4.69, 9.17) is 4.98 Å². The van der Waals surface area contributed by atoms with E-state index in [1.807, 2.05) is 7.05 Å². The number of aromatic nitrogens is 5. The molecule has 47 heavy (non-hydrogen) atoms. The fourth-order valence-corrected chi connectivity index (χ4v) is 8.22. The van der Waals surface area contributed by atoms with Crippen molar-refractivity contribution in [1.82, 2.24) is 39.3 Å². The average molecular weight is 676 g/mol. The molecular weight excluding hydrogens is 636 g/mol. The zero-order valence-electron chi connectivity index (χ0n) is 26.1. The SMILES string of the molecule is Cn1nc(C2CCC(=O)NC2=O)c2cnc(C3CCN(CCCS(=O)(=O)N4CCC(Nc5ncc(OC(F)F)cn5)CC4)CC3)cc21. The Labute approximate surface area is 271 Å². The Morgan fingerprint density at radius 3 is 2.43 bits per heavy atom. The molecule has 1 atom stereocenters. The highest BCUT2D eigenvalue weighted by Gasteiger charge is 2.33. The number of pyridine rings is 1. The summed E-state index contributed by atoms with van der Waals surface area (Å²) in [6.45, 7) is 0.245. The number of amides is 2. The Balaban J connectivity index is 0.936. The number of aryl methyl sites for hydroxylation is 1. The zero-order valence-corrected chi connectivity index (χ0v) is 27.0. The summed E-state index contributed by atoms with van der Waals surface area (Å²) in [7, 11) is -1.54. The van der Waals surface area contributed by atoms with Crippen LogP contribution >= 0.6 is 0 Å². The number of anilines is 1. The van der Waals surface area contributed by atoms with E-state index in [1.165, 1.54) is 12.4 Å². The van der Waals surface area contributed by atoms with Crippen molar-refractivity contribution in [1.29, 1.82) is 0 Å². The second kappa shape index (κ2) is 14.1. The maximum absolute atomic E-state index is 13.1. The molecule has 0 spiro atoms. The molecule has 3 aromatic heterocycles. The third-order valence-corrected chi connectivity index (χ3v) is 11.2. The first-order valence-electron chi connectivity index (χ1n) is 16.0. The predicted octanol–water partition coefficient (Wildman–Crippen LogP) is 2.36. The number of rotatable bonds is 11. The van der Waals surface area contributed by atoms with E-state index >= 15 is 0 Å². The van der Waals surface area contributed by atoms with Crippen molar-refractivity contribution in [2.75, 3.05) is 43.8 Å². The van der Waals surface area contributed by atoms with E-state index in [-0.39, 0.29) is 41.2 Å². The van der Waals surface area contributed by atoms with Gasteiger partial charge in [0.05, 0.1) is 35.3 Å². The van der Waals surface area contributed by atoms with Gasteiger partial charge in [-0.25, -0.2) is 22.7 Å². The number of piperidine rings is 3. The maximum atomic E-state index is 13.1. The number of ether oxygens (including phenoxy) is 1. The molecule has 3 aliphatic heterocycles. The van der Waals surface area contributed by atoms with Gasteiger partial charge in [0.25, 0.3) is 0 Å². The molecule has 17 heteroatoms. The van der Waals surface area contributed by atoms with Gasteiger partial charge in [0.15, 0.2) is 5.75 Å². The van der Waals surface area contributed by atoms with Crippen LogP contribution < -0.4 is 15.4 Å². The number of sulfonamides is 1. The number of hydrogen-bond donors (Lipinski definition) is 2. The molecule has 254 valence electrons. The third kappa shape index (κ3) is 7.84. The Morgan fingerprint density at radius 1 is 1.02 bits per heavy atom. The fraction of sp³-hybridized carbons (Fsp3) is 0.600. The molecule has 6 rings (SSSR count). The largest absolute Gasteiger partial charge is 0.432 e. The maximum Gasteiger partial charge on any atom is 0.387 e. The smallest absolute Gasteiger partial charge is 0.387 e. The molecule has 0 saturated carbocycles. The lowest BCUT2D eigenvalue weighted by atomic mass is 9.91. The molecule has 2 amide bonds. The molecule has 6 heterocycles. The number of nitrogens with zero attached hydrogens (tertiary/aromatic N) is 7. The Bertz CT molecular complexity index is 1690. The molecule has 0 aliphatic carbocycles. The lowest BCUT2D eigenvalue weighted by molar-refractivity contribution is -0.134. The second-order valence-electron chi connectivity index (χ2n) is 12.4. The molecule has 0 radical (unpaired) electrons. The minimum atomic E-state index is -3.39. The van der Waals surface area contributed by atoms with Crippen molar-refractivity contribution >= 4 is 38.7 Å². The van der Waals surface area contributed by atoms with E-state index in [0.29, 0.717) is 57.4 Å². The molecule has 0 bridgehead atoms. The van der Waals surface area contributed by atoms with Crippen LogP contribution in [-0.2, 0) is 26.7 Å². The Morgan fingerprint density at radius 2 is 1.74 bits per heavy atom. The van der Waals surface area contributed by atoms with Gasteiger partial charge < -0.3 is 15.0 Å². The van der Waals surface area contributed by atoms with Gasteiger partial charge in [-0.3, -0.25) is 24.6 Å². The van der Waals surface area contributed by atoms with E-state index in [1.54, 1.807) is 15.2 Å². The van der Waals surface area contributed by atoms with E-state index in [2.05, 4.69) is 41.4 Å². The number of fused-ring (bicyclic) bond motifs is 1. The molecular formula is C30H39F2N9O5S. The first-order valence-corrected chi connectivity index (χ1v) is 17.6. The summed E-state index contributed by atoms with van der Waals surface area (Å²) in [6.07, 6.45) is 8.41. The van der Waals surface area contributed by atoms with Crippen molar-refractivity contribution in [2.24, 2.45) is 7.05 Å². The number of hydrogen-bond acceptors (Lipinski definition) is 11. The molecule has 14 nitrogen and oxygen atoms in total. The fourth-order valence-electron chi connectivity index (χ4n) is 6.70. The van der Waals surface area contributed by atoms with E-state index in [0.717, 1.165) is 42.5 Å². The summed E-state index contributed by atoms with van der Waals surface area (Å²) in [4.78, 5) is 39.1. The van der Waals surface area contributed by atoms with Gasteiger partial charge in [-0.1, -0.05) is 0 Å². The second-order valence-corrected chi connectivity index (χ2v) is 14.5. The van der Waals surface area contributed by atoms with E-state index < -0.39 is 22.6 Å². The minimum Gasteiger partial charge on any atom is -0.432 e. The summed E-state index contributed by atoms with van der Waals surface area (Å²) in [5.74, 6) is -0.513. The summed E-state index contributed by atoms with van der Waals surface area (Å²) < 4.78 is 58.3. The van der Waals surface area contributed by atoms with Gasteiger partial charge >= 0.3 is 6.61 Å². The summed E-state index contributed by atoms with van der Waals surface area (Å²) in [5, 5.41) is 11.0. The minimum absolute atomic E-state index is 0.0231. The monoisotopic (exact) mass is 675 g/mol. The standard InChI is InChI=1S/C30H39F2N9O5S/c1-39-25-15-24(33-18-23(25)27(38-39)22-3-4-26(42)37-28(22)43)19-5-10-40(11-6-19)9-2-14-47(44,45)41-12-7-20(8-13-41)36-30-34-16-21(17-35-30)46-29(31)32/h15-20,22,29H,2-14H2,1H3,(H,34,35,36)(H,37,42,43). The first-order chi connectivity index (χ1) is 22.6. The number of imide groups is 1. The summed E-state index contributed by atoms with van der Waals surface area (Å²) in [5.41, 5.74) is 2.55. The summed E-state index contributed by atoms with van der Waals surface area (Å²) >= 11 is 0. The van der Waals surface area contributed by atoms with Crippen LogP contribution in [0.4, 0.5) is 14.7 Å². The lowest BCUT2D eigenvalue weighted by Crippen LogP contribution is -2.44. The van der Waals surface area contributed by atoms with Crippen LogP contribution in [-0.4, -0.2) is 105 Å². The number of halogens is 2. The number of likely N-dealkylation sites (tertiary alicyclic amines) is 1. The topological polar surface area (TPSA) is 165 Å². The lowest BCUT2D eigenvalue weighted by Gasteiger charge is -2.33. The normalized spacial score (nSPS) is 21.0.